The van der Waals surface area contributed by atoms with Gasteiger partial charge in [-0.25, -0.2) is 0 Å². The van der Waals surface area contributed by atoms with Gasteiger partial charge in [0.1, 0.15) is 0 Å². The smallest absolute Gasteiger partial charge is 0.307 e. The third-order valence-corrected chi connectivity index (χ3v) is 4.22. The van der Waals surface area contributed by atoms with Crippen molar-refractivity contribution in [3.8, 4) is 0 Å². The summed E-state index contributed by atoms with van der Waals surface area (Å²) in [6, 6.07) is 0. The number of carboxylic acids is 2. The molecule has 0 spiro atoms. The number of carboxylic acid groups (broad SMARTS) is 2. The van der Waals surface area contributed by atoms with Crippen LogP contribution in [0.4, 0.5) is 0 Å². The molecule has 1 amide bonds. The van der Waals surface area contributed by atoms with E-state index < -0.39 is 23.8 Å². The molecule has 0 aromatic heterocycles. The topological polar surface area (TPSA) is 94.9 Å². The third kappa shape index (κ3) is 3.00. The highest BCUT2D eigenvalue weighted by Crippen LogP contribution is 2.29. The summed E-state index contributed by atoms with van der Waals surface area (Å²) in [5.41, 5.74) is 0. The second-order valence-electron chi connectivity index (χ2n) is 5.43. The largest absolute Gasteiger partial charge is 0.481 e. The lowest BCUT2D eigenvalue weighted by Gasteiger charge is -2.35. The minimum Gasteiger partial charge on any atom is -0.481 e. The Kier molecular flexibility index (Phi) is 4.42. The van der Waals surface area contributed by atoms with Crippen molar-refractivity contribution in [1.29, 1.82) is 0 Å². The molecule has 0 aromatic carbocycles. The normalized spacial score (nSPS) is 27.3. The summed E-state index contributed by atoms with van der Waals surface area (Å²) in [6.45, 7) is 0.810. The molecule has 0 aromatic rings. The molecule has 2 atom stereocenters. The van der Waals surface area contributed by atoms with Crippen LogP contribution in [0, 0.1) is 17.8 Å². The van der Waals surface area contributed by atoms with Gasteiger partial charge in [-0.3, -0.25) is 14.4 Å². The molecular weight excluding hydrogens is 262 g/mol. The minimum absolute atomic E-state index is 0.148. The Hall–Kier alpha value is -1.85. The van der Waals surface area contributed by atoms with Crippen LogP contribution >= 0.6 is 0 Å². The van der Waals surface area contributed by atoms with Crippen LogP contribution < -0.4 is 0 Å². The Bertz CT molecular complexity index is 437. The Morgan fingerprint density at radius 3 is 1.95 bits per heavy atom. The van der Waals surface area contributed by atoms with Crippen molar-refractivity contribution in [2.75, 3.05) is 13.1 Å². The molecule has 2 aliphatic rings. The molecule has 1 aliphatic carbocycles. The summed E-state index contributed by atoms with van der Waals surface area (Å²) in [4.78, 5) is 36.1. The highest BCUT2D eigenvalue weighted by Gasteiger charge is 2.37. The maximum atomic E-state index is 12.4. The molecule has 1 saturated heterocycles. The van der Waals surface area contributed by atoms with E-state index in [1.165, 1.54) is 0 Å². The van der Waals surface area contributed by atoms with Crippen LogP contribution in [0.2, 0.25) is 0 Å². The molecule has 6 nitrogen and oxygen atoms in total. The van der Waals surface area contributed by atoms with Gasteiger partial charge in [0.15, 0.2) is 0 Å². The SMILES string of the molecule is O=C(O)C1CCN(C(=O)C2CC=CCC2C(=O)O)CC1. The predicted molar refractivity (Wildman–Crippen MR) is 69.9 cm³/mol. The van der Waals surface area contributed by atoms with Crippen LogP contribution in [0.15, 0.2) is 12.2 Å². The van der Waals surface area contributed by atoms with E-state index in [9.17, 15) is 19.5 Å². The van der Waals surface area contributed by atoms with Gasteiger partial charge in [-0.1, -0.05) is 12.2 Å². The number of aliphatic carboxylic acids is 2. The Morgan fingerprint density at radius 1 is 0.900 bits per heavy atom. The van der Waals surface area contributed by atoms with Gasteiger partial charge in [-0.2, -0.15) is 0 Å². The number of carbonyl (C=O) groups excluding carboxylic acids is 1. The zero-order valence-corrected chi connectivity index (χ0v) is 11.2. The zero-order valence-electron chi connectivity index (χ0n) is 11.2. The van der Waals surface area contributed by atoms with Crippen molar-refractivity contribution in [2.45, 2.75) is 25.7 Å². The van der Waals surface area contributed by atoms with Crippen molar-refractivity contribution in [1.82, 2.24) is 4.90 Å². The average molecular weight is 281 g/mol. The van der Waals surface area contributed by atoms with Gasteiger partial charge in [-0.15, -0.1) is 0 Å². The van der Waals surface area contributed by atoms with E-state index in [4.69, 9.17) is 5.11 Å². The fourth-order valence-electron chi connectivity index (χ4n) is 2.94. The quantitative estimate of drug-likeness (QED) is 0.752. The number of hydrogen-bond acceptors (Lipinski definition) is 3. The molecule has 20 heavy (non-hydrogen) atoms. The van der Waals surface area contributed by atoms with E-state index in [1.807, 2.05) is 6.08 Å². The number of amides is 1. The first kappa shape index (κ1) is 14.6. The number of nitrogens with zero attached hydrogens (tertiary/aromatic N) is 1. The molecule has 0 radical (unpaired) electrons. The van der Waals surface area contributed by atoms with Crippen molar-refractivity contribution in [2.24, 2.45) is 17.8 Å². The van der Waals surface area contributed by atoms with Gasteiger partial charge in [0.2, 0.25) is 5.91 Å². The number of piperidine rings is 1. The van der Waals surface area contributed by atoms with Gasteiger partial charge in [0.05, 0.1) is 17.8 Å². The van der Waals surface area contributed by atoms with E-state index in [0.717, 1.165) is 0 Å². The monoisotopic (exact) mass is 281 g/mol. The van der Waals surface area contributed by atoms with Gasteiger partial charge in [0, 0.05) is 13.1 Å². The fraction of sp³-hybridized carbons (Fsp3) is 0.643. The summed E-state index contributed by atoms with van der Waals surface area (Å²) < 4.78 is 0. The van der Waals surface area contributed by atoms with Crippen LogP contribution in [-0.2, 0) is 14.4 Å². The van der Waals surface area contributed by atoms with Gasteiger partial charge in [-0.05, 0) is 25.7 Å². The summed E-state index contributed by atoms with van der Waals surface area (Å²) in [7, 11) is 0. The molecule has 0 saturated carbocycles. The summed E-state index contributed by atoms with van der Waals surface area (Å²) in [5.74, 6) is -3.47. The minimum atomic E-state index is -0.937. The summed E-state index contributed by atoms with van der Waals surface area (Å²) in [5, 5.41) is 18.1. The highest BCUT2D eigenvalue weighted by molar-refractivity contribution is 5.85. The van der Waals surface area contributed by atoms with Crippen molar-refractivity contribution in [3.05, 3.63) is 12.2 Å². The van der Waals surface area contributed by atoms with Crippen molar-refractivity contribution >= 4 is 17.8 Å². The van der Waals surface area contributed by atoms with E-state index in [-0.39, 0.29) is 11.8 Å². The van der Waals surface area contributed by atoms with Crippen LogP contribution in [-0.4, -0.2) is 46.0 Å². The predicted octanol–water partition coefficient (Wildman–Crippen LogP) is 0.977. The van der Waals surface area contributed by atoms with E-state index in [1.54, 1.807) is 11.0 Å². The summed E-state index contributed by atoms with van der Waals surface area (Å²) >= 11 is 0. The van der Waals surface area contributed by atoms with Crippen molar-refractivity contribution in [3.63, 3.8) is 0 Å². The first-order chi connectivity index (χ1) is 9.50. The lowest BCUT2D eigenvalue weighted by Crippen LogP contribution is -2.46. The second kappa shape index (κ2) is 6.07. The first-order valence-electron chi connectivity index (χ1n) is 6.90. The Labute approximate surface area is 117 Å². The molecule has 1 heterocycles. The molecule has 6 heteroatoms. The molecular formula is C14H19NO5. The van der Waals surface area contributed by atoms with Crippen LogP contribution in [0.5, 0.6) is 0 Å². The number of hydrogen-bond donors (Lipinski definition) is 2. The maximum Gasteiger partial charge on any atom is 0.307 e. The Morgan fingerprint density at radius 2 is 1.45 bits per heavy atom. The first-order valence-corrected chi connectivity index (χ1v) is 6.90. The van der Waals surface area contributed by atoms with E-state index in [0.29, 0.717) is 38.8 Å². The maximum absolute atomic E-state index is 12.4. The lowest BCUT2D eigenvalue weighted by molar-refractivity contribution is -0.152. The van der Waals surface area contributed by atoms with E-state index >= 15 is 0 Å². The van der Waals surface area contributed by atoms with Crippen LogP contribution in [0.1, 0.15) is 25.7 Å². The zero-order chi connectivity index (χ0) is 14.7. The Balaban J connectivity index is 1.99. The van der Waals surface area contributed by atoms with Gasteiger partial charge in [0.25, 0.3) is 0 Å². The van der Waals surface area contributed by atoms with Gasteiger partial charge >= 0.3 is 11.9 Å². The van der Waals surface area contributed by atoms with E-state index in [2.05, 4.69) is 0 Å². The molecule has 1 fully saturated rings. The fourth-order valence-corrected chi connectivity index (χ4v) is 2.94. The molecule has 2 N–H and O–H groups in total. The van der Waals surface area contributed by atoms with Gasteiger partial charge < -0.3 is 15.1 Å². The molecule has 0 bridgehead atoms. The molecule has 2 rings (SSSR count). The third-order valence-electron chi connectivity index (χ3n) is 4.22. The summed E-state index contributed by atoms with van der Waals surface area (Å²) in [6.07, 6.45) is 5.39. The van der Waals surface area contributed by atoms with Crippen LogP contribution in [0.3, 0.4) is 0 Å². The average Bonchev–Trinajstić information content (AvgIpc) is 2.46. The number of carbonyl (C=O) groups is 3. The molecule has 1 aliphatic heterocycles. The molecule has 2 unspecified atom stereocenters. The number of rotatable bonds is 3. The highest BCUT2D eigenvalue weighted by atomic mass is 16.4. The lowest BCUT2D eigenvalue weighted by atomic mass is 9.81. The molecule has 110 valence electrons. The number of allylic oxidation sites excluding steroid dienone is 2. The second-order valence-corrected chi connectivity index (χ2v) is 5.43. The number of likely N-dealkylation sites (tertiary alicyclic amines) is 1. The van der Waals surface area contributed by atoms with Crippen LogP contribution in [0.25, 0.3) is 0 Å². The standard InChI is InChI=1S/C14H19NO5/c16-12(10-3-1-2-4-11(10)14(19)20)15-7-5-9(6-8-15)13(17)18/h1-2,9-11H,3-8H2,(H,17,18)(H,19,20). The van der Waals surface area contributed by atoms with Crippen molar-refractivity contribution < 1.29 is 24.6 Å².